The first-order valence-corrected chi connectivity index (χ1v) is 11.4. The van der Waals surface area contributed by atoms with Crippen LogP contribution < -0.4 is 4.43 Å². The zero-order valence-corrected chi connectivity index (χ0v) is 14.8. The van der Waals surface area contributed by atoms with Gasteiger partial charge in [-0.05, 0) is 25.2 Å². The van der Waals surface area contributed by atoms with Crippen LogP contribution in [0.4, 0.5) is 0 Å². The molecule has 0 saturated carbocycles. The first-order valence-electron chi connectivity index (χ1n) is 4.97. The van der Waals surface area contributed by atoms with Crippen LogP contribution >= 0.6 is 0 Å². The van der Waals surface area contributed by atoms with Gasteiger partial charge in [0, 0.05) is 6.20 Å². The van der Waals surface area contributed by atoms with Crippen LogP contribution in [0, 0.1) is 20.0 Å². The Kier molecular flexibility index (Phi) is 36.6. The Bertz CT molecular complexity index is 362. The average Bonchev–Trinajstić information content (AvgIpc) is 2.45. The molecule has 0 aliphatic carbocycles. The number of pyridine rings is 1. The molecule has 20 heavy (non-hydrogen) atoms. The van der Waals surface area contributed by atoms with E-state index in [0.717, 1.165) is 5.88 Å². The third kappa shape index (κ3) is 36.0. The maximum absolute atomic E-state index is 7.50. The summed E-state index contributed by atoms with van der Waals surface area (Å²) >= 11 is 3.74. The average molecular weight is 350 g/mol. The molecular weight excluding hydrogens is 334 g/mol. The summed E-state index contributed by atoms with van der Waals surface area (Å²) in [7, 11) is -0.649. The number of hydrogen-bond acceptors (Lipinski definition) is 2. The van der Waals surface area contributed by atoms with Crippen molar-refractivity contribution in [3.8, 4) is 5.88 Å². The molecule has 1 radical (unpaired) electrons. The molecule has 8 heteroatoms. The summed E-state index contributed by atoms with van der Waals surface area (Å²) in [5, 5.41) is 0. The first kappa shape index (κ1) is 27.5. The molecule has 0 aliphatic heterocycles. The summed E-state index contributed by atoms with van der Waals surface area (Å²) in [6.07, 6.45) is 1.74. The standard InChI is InChI=1S/C7H10NOSi.C2H6Si.3CO.Fe/c1-10(2)9-7-5-3-4-6-8-7;1-3-2;3*1-2;/h3-6H,1-2H3;1-2H3;;;;. The second kappa shape index (κ2) is 26.6. The Hall–Kier alpha value is -0.877. The molecule has 5 nitrogen and oxygen atoms in total. The molecule has 0 unspecified atom stereocenters. The fourth-order valence-corrected chi connectivity index (χ4v) is 1.16. The molecular formula is C12H16FeNO4Si2. The summed E-state index contributed by atoms with van der Waals surface area (Å²) in [5.74, 6) is 0.737. The van der Waals surface area contributed by atoms with Gasteiger partial charge < -0.3 is 4.43 Å². The molecule has 1 aromatic rings. The quantitative estimate of drug-likeness (QED) is 0.466. The maximum atomic E-state index is 7.50. The Morgan fingerprint density at radius 1 is 1.00 bits per heavy atom. The molecule has 0 amide bonds. The second-order valence-electron chi connectivity index (χ2n) is 3.03. The Morgan fingerprint density at radius 3 is 1.65 bits per heavy atom. The number of hydrogen-bond donors (Lipinski definition) is 0. The van der Waals surface area contributed by atoms with E-state index in [0.29, 0.717) is 0 Å². The van der Waals surface area contributed by atoms with E-state index in [9.17, 15) is 0 Å². The molecule has 0 fully saturated rings. The van der Waals surface area contributed by atoms with Gasteiger partial charge in [-0.1, -0.05) is 6.07 Å². The Morgan fingerprint density at radius 2 is 1.40 bits per heavy atom. The van der Waals surface area contributed by atoms with Crippen molar-refractivity contribution in [1.29, 1.82) is 0 Å². The van der Waals surface area contributed by atoms with Gasteiger partial charge in [0.25, 0.3) is 9.04 Å². The van der Waals surface area contributed by atoms with Crippen LogP contribution in [0.25, 0.3) is 0 Å². The van der Waals surface area contributed by atoms with Crippen molar-refractivity contribution in [2.75, 3.05) is 0 Å². The molecule has 1 aromatic heterocycles. The molecule has 109 valence electrons. The first-order chi connectivity index (χ1) is 9.52. The normalized spacial score (nSPS) is 6.60. The van der Waals surface area contributed by atoms with E-state index in [1.807, 2.05) is 18.2 Å². The van der Waals surface area contributed by atoms with Crippen molar-refractivity contribution in [3.05, 3.63) is 44.3 Å². The molecule has 0 aromatic carbocycles. The minimum atomic E-state index is -0.649. The van der Waals surface area contributed by atoms with E-state index >= 15 is 0 Å². The van der Waals surface area contributed by atoms with E-state index in [1.54, 1.807) is 6.20 Å². The number of aromatic nitrogens is 1. The monoisotopic (exact) mass is 350 g/mol. The van der Waals surface area contributed by atoms with Gasteiger partial charge in [0.2, 0.25) is 0 Å². The molecule has 0 N–H and O–H groups in total. The van der Waals surface area contributed by atoms with Crippen molar-refractivity contribution in [2.24, 2.45) is 0 Å². The van der Waals surface area contributed by atoms with Crippen LogP contribution in [-0.4, -0.2) is 21.0 Å². The van der Waals surface area contributed by atoms with Gasteiger partial charge in [-0.15, -0.1) is 0 Å². The van der Waals surface area contributed by atoms with Crippen molar-refractivity contribution < 1.29 is 33.3 Å². The van der Waals surface area contributed by atoms with E-state index in [4.69, 9.17) is 18.4 Å². The summed E-state index contributed by atoms with van der Waals surface area (Å²) in [4.78, 5) is 4.02. The summed E-state index contributed by atoms with van der Waals surface area (Å²) < 4.78 is 27.9. The fourth-order valence-electron chi connectivity index (χ4n) is 0.617. The number of nitrogens with zero attached hydrogens (tertiary/aromatic N) is 1. The summed E-state index contributed by atoms with van der Waals surface area (Å²) in [5.41, 5.74) is 0. The van der Waals surface area contributed by atoms with Gasteiger partial charge in [0.1, 0.15) is 0 Å². The molecule has 0 aliphatic rings. The SMILES string of the molecule is C[Si](C)=[Fe].C[Si](C)Oc1ccccn1.[C-]#[O+].[C-]#[O+].[C-]#[O+]. The molecule has 0 spiro atoms. The van der Waals surface area contributed by atoms with Gasteiger partial charge in [-0.3, -0.25) is 0 Å². The van der Waals surface area contributed by atoms with Crippen LogP contribution in [0.1, 0.15) is 0 Å². The van der Waals surface area contributed by atoms with Crippen LogP contribution in [-0.2, 0) is 28.8 Å². The molecule has 0 atom stereocenters. The van der Waals surface area contributed by atoms with E-state index in [1.165, 1.54) is 0 Å². The predicted molar refractivity (Wildman–Crippen MR) is 71.6 cm³/mol. The molecule has 0 saturated heterocycles. The van der Waals surface area contributed by atoms with Crippen LogP contribution in [0.15, 0.2) is 24.4 Å². The Balaban J connectivity index is -0.000000108. The van der Waals surface area contributed by atoms with Crippen molar-refractivity contribution in [2.45, 2.75) is 26.2 Å². The summed E-state index contributed by atoms with van der Waals surface area (Å²) in [6, 6.07) is 5.68. The van der Waals surface area contributed by atoms with E-state index in [2.05, 4.69) is 66.0 Å². The van der Waals surface area contributed by atoms with Gasteiger partial charge in [-0.2, -0.15) is 0 Å². The zero-order chi connectivity index (χ0) is 17.0. The van der Waals surface area contributed by atoms with Gasteiger partial charge in [0.05, 0.1) is 0 Å². The third-order valence-corrected chi connectivity index (χ3v) is 1.56. The van der Waals surface area contributed by atoms with Gasteiger partial charge >= 0.3 is 68.8 Å². The molecule has 1 rings (SSSR count). The topological polar surface area (TPSA) is 81.8 Å². The van der Waals surface area contributed by atoms with Crippen LogP contribution in [0.5, 0.6) is 5.88 Å². The summed E-state index contributed by atoms with van der Waals surface area (Å²) in [6.45, 7) is 21.9. The van der Waals surface area contributed by atoms with Crippen molar-refractivity contribution >= 4 is 16.0 Å². The third-order valence-electron chi connectivity index (χ3n) is 0.946. The fraction of sp³-hybridized carbons (Fsp3) is 0.333. The van der Waals surface area contributed by atoms with E-state index < -0.39 is 9.04 Å². The van der Waals surface area contributed by atoms with Crippen molar-refractivity contribution in [3.63, 3.8) is 0 Å². The molecule has 1 heterocycles. The second-order valence-corrected chi connectivity index (χ2v) is 10.1. The molecule has 0 bridgehead atoms. The van der Waals surface area contributed by atoms with Crippen molar-refractivity contribution in [1.82, 2.24) is 4.98 Å². The minimum absolute atomic E-state index is 0.130. The van der Waals surface area contributed by atoms with Gasteiger partial charge in [0.15, 0.2) is 5.88 Å². The van der Waals surface area contributed by atoms with Crippen LogP contribution in [0.2, 0.25) is 26.2 Å². The van der Waals surface area contributed by atoms with Gasteiger partial charge in [-0.25, -0.2) is 4.98 Å². The van der Waals surface area contributed by atoms with Crippen LogP contribution in [0.3, 0.4) is 0 Å². The zero-order valence-electron chi connectivity index (χ0n) is 11.7. The Labute approximate surface area is 130 Å². The van der Waals surface area contributed by atoms with E-state index in [-0.39, 0.29) is 6.94 Å². The predicted octanol–water partition coefficient (Wildman–Crippen LogP) is 2.38. The number of rotatable bonds is 2.